The molecule has 0 saturated carbocycles. The molecule has 2 N–H and O–H groups in total. The van der Waals surface area contributed by atoms with Crippen molar-refractivity contribution >= 4 is 27.1 Å². The SMILES string of the molecule is Cn1ncc(Br)c1Cn1cnc(=N)c2[nH]cnc21. The molecule has 0 radical (unpaired) electrons. The summed E-state index contributed by atoms with van der Waals surface area (Å²) in [5.74, 6) is 0. The maximum Gasteiger partial charge on any atom is 0.173 e. The van der Waals surface area contributed by atoms with Crippen molar-refractivity contribution in [3.8, 4) is 0 Å². The molecule has 8 heteroatoms. The summed E-state index contributed by atoms with van der Waals surface area (Å²) < 4.78 is 4.62. The summed E-state index contributed by atoms with van der Waals surface area (Å²) in [4.78, 5) is 11.2. The first-order valence-corrected chi connectivity index (χ1v) is 6.05. The second kappa shape index (κ2) is 4.05. The lowest BCUT2D eigenvalue weighted by Gasteiger charge is -2.07. The van der Waals surface area contributed by atoms with Crippen molar-refractivity contribution in [3.63, 3.8) is 0 Å². The van der Waals surface area contributed by atoms with Crippen LogP contribution in [0.5, 0.6) is 0 Å². The summed E-state index contributed by atoms with van der Waals surface area (Å²) in [5, 5.41) is 11.9. The van der Waals surface area contributed by atoms with E-state index in [4.69, 9.17) is 5.41 Å². The number of hydrogen-bond donors (Lipinski definition) is 2. The van der Waals surface area contributed by atoms with Gasteiger partial charge in [-0.1, -0.05) is 0 Å². The van der Waals surface area contributed by atoms with E-state index in [-0.39, 0.29) is 5.49 Å². The highest BCUT2D eigenvalue weighted by Crippen LogP contribution is 2.17. The molecule has 0 fully saturated rings. The number of hydrogen-bond acceptors (Lipinski definition) is 4. The van der Waals surface area contributed by atoms with E-state index >= 15 is 0 Å². The number of aromatic nitrogens is 6. The Morgan fingerprint density at radius 2 is 2.28 bits per heavy atom. The molecule has 0 atom stereocenters. The fourth-order valence-corrected chi connectivity index (χ4v) is 2.29. The van der Waals surface area contributed by atoms with Gasteiger partial charge in [0.1, 0.15) is 5.52 Å². The molecule has 3 heterocycles. The minimum atomic E-state index is 0.197. The molecular weight excluding hydrogens is 298 g/mol. The van der Waals surface area contributed by atoms with Crippen molar-refractivity contribution in [2.75, 3.05) is 0 Å². The summed E-state index contributed by atoms with van der Waals surface area (Å²) >= 11 is 3.46. The molecule has 18 heavy (non-hydrogen) atoms. The Bertz CT molecular complexity index is 746. The van der Waals surface area contributed by atoms with Crippen LogP contribution in [-0.4, -0.2) is 29.3 Å². The van der Waals surface area contributed by atoms with Crippen LogP contribution in [0.1, 0.15) is 5.69 Å². The number of fused-ring (bicyclic) bond motifs is 1. The summed E-state index contributed by atoms with van der Waals surface area (Å²) in [6, 6.07) is 0. The van der Waals surface area contributed by atoms with Gasteiger partial charge in [-0.3, -0.25) is 10.1 Å². The van der Waals surface area contributed by atoms with Gasteiger partial charge in [-0.15, -0.1) is 0 Å². The zero-order chi connectivity index (χ0) is 12.7. The van der Waals surface area contributed by atoms with Crippen LogP contribution in [0.25, 0.3) is 11.2 Å². The van der Waals surface area contributed by atoms with Gasteiger partial charge >= 0.3 is 0 Å². The number of halogens is 1. The first-order chi connectivity index (χ1) is 8.66. The lowest BCUT2D eigenvalue weighted by Crippen LogP contribution is -2.14. The van der Waals surface area contributed by atoms with Crippen molar-refractivity contribution in [2.45, 2.75) is 6.54 Å². The Balaban J connectivity index is 2.14. The largest absolute Gasteiger partial charge is 0.340 e. The fraction of sp³-hybridized carbons (Fsp3) is 0.200. The molecule has 0 unspecified atom stereocenters. The third-order valence-electron chi connectivity index (χ3n) is 2.79. The third-order valence-corrected chi connectivity index (χ3v) is 3.45. The molecule has 0 aliphatic carbocycles. The maximum atomic E-state index is 7.69. The molecule has 0 bridgehead atoms. The summed E-state index contributed by atoms with van der Waals surface area (Å²) in [6.07, 6.45) is 4.94. The van der Waals surface area contributed by atoms with Crippen molar-refractivity contribution in [3.05, 3.63) is 34.5 Å². The van der Waals surface area contributed by atoms with Crippen molar-refractivity contribution in [2.24, 2.45) is 7.05 Å². The molecule has 0 saturated heterocycles. The molecule has 0 aliphatic heterocycles. The van der Waals surface area contributed by atoms with E-state index in [1.807, 2.05) is 11.6 Å². The minimum absolute atomic E-state index is 0.197. The van der Waals surface area contributed by atoms with Gasteiger partial charge in [0.15, 0.2) is 11.1 Å². The fourth-order valence-electron chi connectivity index (χ4n) is 1.82. The van der Waals surface area contributed by atoms with Gasteiger partial charge in [0.25, 0.3) is 0 Å². The van der Waals surface area contributed by atoms with E-state index in [0.29, 0.717) is 17.7 Å². The monoisotopic (exact) mass is 307 g/mol. The normalized spacial score (nSPS) is 11.2. The second-order valence-corrected chi connectivity index (χ2v) is 4.74. The van der Waals surface area contributed by atoms with E-state index in [1.54, 1.807) is 23.5 Å². The van der Waals surface area contributed by atoms with Crippen LogP contribution >= 0.6 is 15.9 Å². The van der Waals surface area contributed by atoms with Gasteiger partial charge in [-0.25, -0.2) is 9.97 Å². The molecule has 92 valence electrons. The topological polar surface area (TPSA) is 88.2 Å². The highest BCUT2D eigenvalue weighted by atomic mass is 79.9. The van der Waals surface area contributed by atoms with Crippen LogP contribution in [0.3, 0.4) is 0 Å². The number of H-pyrrole nitrogens is 1. The second-order valence-electron chi connectivity index (χ2n) is 3.89. The Morgan fingerprint density at radius 1 is 1.44 bits per heavy atom. The van der Waals surface area contributed by atoms with Crippen LogP contribution < -0.4 is 5.49 Å². The van der Waals surface area contributed by atoms with Crippen molar-refractivity contribution < 1.29 is 0 Å². The summed E-state index contributed by atoms with van der Waals surface area (Å²) in [6.45, 7) is 0.589. The first-order valence-electron chi connectivity index (χ1n) is 5.26. The minimum Gasteiger partial charge on any atom is -0.340 e. The molecule has 0 aliphatic rings. The van der Waals surface area contributed by atoms with E-state index in [0.717, 1.165) is 10.2 Å². The smallest absolute Gasteiger partial charge is 0.173 e. The Morgan fingerprint density at radius 3 is 3.00 bits per heavy atom. The average molecular weight is 308 g/mol. The summed E-state index contributed by atoms with van der Waals surface area (Å²) in [5.41, 5.74) is 2.56. The van der Waals surface area contributed by atoms with Gasteiger partial charge in [-0.05, 0) is 15.9 Å². The summed E-state index contributed by atoms with van der Waals surface area (Å²) in [7, 11) is 1.88. The standard InChI is InChI=1S/C10H10BrN7/c1-17-7(6(11)2-16-17)3-18-5-15-9(12)8-10(18)14-4-13-8/h2,4-5,12H,3H2,1H3,(H,13,14). The predicted molar refractivity (Wildman–Crippen MR) is 67.7 cm³/mol. The van der Waals surface area contributed by atoms with Crippen LogP contribution in [0, 0.1) is 5.41 Å². The molecule has 3 aromatic rings. The Hall–Kier alpha value is -1.96. The number of nitrogens with zero attached hydrogens (tertiary/aromatic N) is 5. The lowest BCUT2D eigenvalue weighted by molar-refractivity contribution is 0.664. The number of imidazole rings is 1. The third kappa shape index (κ3) is 1.65. The van der Waals surface area contributed by atoms with Crippen LogP contribution in [0.15, 0.2) is 23.3 Å². The predicted octanol–water partition coefficient (Wildman–Crippen LogP) is 0.783. The lowest BCUT2D eigenvalue weighted by atomic mass is 10.4. The van der Waals surface area contributed by atoms with Crippen LogP contribution in [0.2, 0.25) is 0 Å². The van der Waals surface area contributed by atoms with Gasteiger partial charge in [0, 0.05) is 7.05 Å². The molecular formula is C10H10BrN7. The van der Waals surface area contributed by atoms with E-state index < -0.39 is 0 Å². The van der Waals surface area contributed by atoms with Crippen LogP contribution in [0.4, 0.5) is 0 Å². The van der Waals surface area contributed by atoms with E-state index in [1.165, 1.54) is 0 Å². The van der Waals surface area contributed by atoms with Crippen molar-refractivity contribution in [1.82, 2.24) is 29.3 Å². The maximum absolute atomic E-state index is 7.69. The van der Waals surface area contributed by atoms with E-state index in [9.17, 15) is 0 Å². The molecule has 3 aromatic heterocycles. The number of aromatic amines is 1. The van der Waals surface area contributed by atoms with Gasteiger partial charge < -0.3 is 9.55 Å². The van der Waals surface area contributed by atoms with Gasteiger partial charge in [0.2, 0.25) is 0 Å². The zero-order valence-electron chi connectivity index (χ0n) is 9.55. The van der Waals surface area contributed by atoms with Crippen molar-refractivity contribution in [1.29, 1.82) is 5.41 Å². The molecule has 7 nitrogen and oxygen atoms in total. The molecule has 0 amide bonds. The molecule has 0 spiro atoms. The van der Waals surface area contributed by atoms with Gasteiger partial charge in [0.05, 0.1) is 35.6 Å². The van der Waals surface area contributed by atoms with Crippen LogP contribution in [-0.2, 0) is 13.6 Å². The average Bonchev–Trinajstić information content (AvgIpc) is 2.94. The zero-order valence-corrected chi connectivity index (χ0v) is 11.1. The number of nitrogens with one attached hydrogen (secondary N) is 2. The highest BCUT2D eigenvalue weighted by Gasteiger charge is 2.10. The molecule has 3 rings (SSSR count). The quantitative estimate of drug-likeness (QED) is 0.733. The van der Waals surface area contributed by atoms with Gasteiger partial charge in [-0.2, -0.15) is 5.10 Å². The Kier molecular flexibility index (Phi) is 2.51. The number of aryl methyl sites for hydroxylation is 1. The highest BCUT2D eigenvalue weighted by molar-refractivity contribution is 9.10. The Labute approximate surface area is 110 Å². The number of rotatable bonds is 2. The van der Waals surface area contributed by atoms with E-state index in [2.05, 4.69) is 36.0 Å². The first kappa shape index (κ1) is 11.1. The molecule has 0 aromatic carbocycles.